The van der Waals surface area contributed by atoms with Crippen LogP contribution in [-0.4, -0.2) is 31.1 Å². The highest BCUT2D eigenvalue weighted by atomic mass is 127. The Morgan fingerprint density at radius 2 is 1.87 bits per heavy atom. The van der Waals surface area contributed by atoms with E-state index in [0.717, 1.165) is 3.57 Å². The minimum absolute atomic E-state index is 0.0629. The van der Waals surface area contributed by atoms with Gasteiger partial charge in [-0.1, -0.05) is 18.2 Å². The second-order valence-electron chi connectivity index (χ2n) is 4.87. The van der Waals surface area contributed by atoms with Gasteiger partial charge in [0.05, 0.1) is 5.56 Å². The van der Waals surface area contributed by atoms with Gasteiger partial charge in [0.15, 0.2) is 0 Å². The fourth-order valence-electron chi connectivity index (χ4n) is 2.28. The van der Waals surface area contributed by atoms with Crippen LogP contribution in [0.15, 0.2) is 53.4 Å². The maximum Gasteiger partial charge on any atom is 0.269 e. The minimum Gasteiger partial charge on any atom is -0.324 e. The van der Waals surface area contributed by atoms with Gasteiger partial charge >= 0.3 is 0 Å². The Balaban J connectivity index is 1.81. The summed E-state index contributed by atoms with van der Waals surface area (Å²) in [6, 6.07) is 13.0. The lowest BCUT2D eigenvalue weighted by Crippen LogP contribution is -2.37. The van der Waals surface area contributed by atoms with Gasteiger partial charge in [-0.05, 0) is 52.9 Å². The zero-order valence-electron chi connectivity index (χ0n) is 11.7. The molecule has 0 spiro atoms. The predicted octanol–water partition coefficient (Wildman–Crippen LogP) is 2.07. The van der Waals surface area contributed by atoms with E-state index in [4.69, 9.17) is 0 Å². The van der Waals surface area contributed by atoms with Crippen molar-refractivity contribution in [3.8, 4) is 0 Å². The average molecular weight is 442 g/mol. The number of nitrogens with one attached hydrogen (secondary N) is 1. The molecule has 1 heterocycles. The lowest BCUT2D eigenvalue weighted by molar-refractivity contribution is -0.116. The van der Waals surface area contributed by atoms with Crippen LogP contribution in [0.1, 0.15) is 10.4 Å². The number of amides is 2. The number of sulfonamides is 1. The fraction of sp³-hybridized carbons (Fsp3) is 0.0667. The van der Waals surface area contributed by atoms with Crippen molar-refractivity contribution in [3.05, 3.63) is 57.7 Å². The molecule has 118 valence electrons. The van der Waals surface area contributed by atoms with E-state index in [2.05, 4.69) is 27.9 Å². The number of carbonyl (C=O) groups is 2. The molecule has 0 aromatic heterocycles. The summed E-state index contributed by atoms with van der Waals surface area (Å²) < 4.78 is 26.2. The van der Waals surface area contributed by atoms with Crippen LogP contribution in [0.5, 0.6) is 0 Å². The van der Waals surface area contributed by atoms with Crippen LogP contribution in [0.3, 0.4) is 0 Å². The highest BCUT2D eigenvalue weighted by Crippen LogP contribution is 2.29. The van der Waals surface area contributed by atoms with E-state index in [1.165, 1.54) is 12.1 Å². The largest absolute Gasteiger partial charge is 0.324 e. The summed E-state index contributed by atoms with van der Waals surface area (Å²) in [5.41, 5.74) is 0.637. The highest BCUT2D eigenvalue weighted by Gasteiger charge is 2.41. The molecule has 3 rings (SSSR count). The molecule has 0 atom stereocenters. The Morgan fingerprint density at radius 1 is 1.13 bits per heavy atom. The van der Waals surface area contributed by atoms with E-state index < -0.39 is 28.4 Å². The van der Waals surface area contributed by atoms with Crippen LogP contribution < -0.4 is 5.32 Å². The summed E-state index contributed by atoms with van der Waals surface area (Å²) in [4.78, 5) is 24.2. The minimum atomic E-state index is -3.97. The molecule has 0 saturated heterocycles. The van der Waals surface area contributed by atoms with Gasteiger partial charge in [0.1, 0.15) is 11.4 Å². The molecule has 0 radical (unpaired) electrons. The Morgan fingerprint density at radius 3 is 2.57 bits per heavy atom. The van der Waals surface area contributed by atoms with Crippen LogP contribution in [0.2, 0.25) is 0 Å². The highest BCUT2D eigenvalue weighted by molar-refractivity contribution is 14.1. The normalized spacial score (nSPS) is 15.3. The Hall–Kier alpha value is -1.94. The van der Waals surface area contributed by atoms with E-state index in [0.29, 0.717) is 9.99 Å². The van der Waals surface area contributed by atoms with Crippen molar-refractivity contribution in [2.45, 2.75) is 4.90 Å². The molecule has 2 aromatic carbocycles. The van der Waals surface area contributed by atoms with E-state index in [1.807, 2.05) is 6.07 Å². The Labute approximate surface area is 146 Å². The van der Waals surface area contributed by atoms with Crippen molar-refractivity contribution >= 4 is 50.1 Å². The van der Waals surface area contributed by atoms with Crippen molar-refractivity contribution in [1.29, 1.82) is 0 Å². The summed E-state index contributed by atoms with van der Waals surface area (Å²) in [6.45, 7) is -0.554. The zero-order chi connectivity index (χ0) is 16.6. The number of rotatable bonds is 3. The molecule has 0 unspecified atom stereocenters. The molecule has 8 heteroatoms. The van der Waals surface area contributed by atoms with Gasteiger partial charge in [0.25, 0.3) is 15.9 Å². The Kier molecular flexibility index (Phi) is 4.11. The van der Waals surface area contributed by atoms with Gasteiger partial charge < -0.3 is 5.32 Å². The first-order chi connectivity index (χ1) is 10.9. The average Bonchev–Trinajstić information content (AvgIpc) is 2.69. The lowest BCUT2D eigenvalue weighted by atomic mass is 10.2. The number of halogens is 1. The number of carbonyl (C=O) groups excluding carboxylic acids is 2. The fourth-order valence-corrected chi connectivity index (χ4v) is 4.35. The monoisotopic (exact) mass is 442 g/mol. The Bertz CT molecular complexity index is 911. The van der Waals surface area contributed by atoms with Gasteiger partial charge in [-0.3, -0.25) is 9.59 Å². The first-order valence-corrected chi connectivity index (χ1v) is 9.13. The SMILES string of the molecule is O=C(CN1C(=O)c2ccccc2S1(=O)=O)Nc1cccc(I)c1. The number of anilines is 1. The van der Waals surface area contributed by atoms with Gasteiger partial charge in [-0.25, -0.2) is 12.7 Å². The number of hydrogen-bond donors (Lipinski definition) is 1. The molecule has 0 aliphatic carbocycles. The van der Waals surface area contributed by atoms with E-state index in [1.54, 1.807) is 30.3 Å². The first-order valence-electron chi connectivity index (χ1n) is 6.61. The summed E-state index contributed by atoms with van der Waals surface area (Å²) in [7, 11) is -3.97. The lowest BCUT2D eigenvalue weighted by Gasteiger charge is -2.14. The molecule has 0 saturated carbocycles. The quantitative estimate of drug-likeness (QED) is 0.739. The summed E-state index contributed by atoms with van der Waals surface area (Å²) in [5, 5.41) is 2.59. The third-order valence-electron chi connectivity index (χ3n) is 3.31. The molecule has 1 aliphatic heterocycles. The van der Waals surface area contributed by atoms with Crippen molar-refractivity contribution in [2.24, 2.45) is 0 Å². The summed E-state index contributed by atoms with van der Waals surface area (Å²) in [6.07, 6.45) is 0. The zero-order valence-corrected chi connectivity index (χ0v) is 14.7. The number of nitrogens with zero attached hydrogens (tertiary/aromatic N) is 1. The molecular weight excluding hydrogens is 431 g/mol. The van der Waals surface area contributed by atoms with Gasteiger partial charge in [0, 0.05) is 9.26 Å². The summed E-state index contributed by atoms with van der Waals surface area (Å²) in [5.74, 6) is -1.25. The van der Waals surface area contributed by atoms with Crippen molar-refractivity contribution in [3.63, 3.8) is 0 Å². The number of fused-ring (bicyclic) bond motifs is 1. The molecular formula is C15H11IN2O4S. The summed E-state index contributed by atoms with van der Waals surface area (Å²) >= 11 is 2.10. The third kappa shape index (κ3) is 2.95. The standard InChI is InChI=1S/C15H11IN2O4S/c16-10-4-3-5-11(8-10)17-14(19)9-18-15(20)12-6-1-2-7-13(12)23(18,21)22/h1-8H,9H2,(H,17,19). The molecule has 2 aromatic rings. The van der Waals surface area contributed by atoms with E-state index in [-0.39, 0.29) is 10.5 Å². The first kappa shape index (κ1) is 15.9. The van der Waals surface area contributed by atoms with Crippen LogP contribution in [-0.2, 0) is 14.8 Å². The molecule has 1 N–H and O–H groups in total. The maximum absolute atomic E-state index is 12.4. The molecule has 23 heavy (non-hydrogen) atoms. The molecule has 2 amide bonds. The van der Waals surface area contributed by atoms with Crippen LogP contribution in [0, 0.1) is 3.57 Å². The second-order valence-corrected chi connectivity index (χ2v) is 7.95. The van der Waals surface area contributed by atoms with Crippen LogP contribution >= 0.6 is 22.6 Å². The van der Waals surface area contributed by atoms with Crippen molar-refractivity contribution in [2.75, 3.05) is 11.9 Å². The van der Waals surface area contributed by atoms with Gasteiger partial charge in [-0.15, -0.1) is 0 Å². The van der Waals surface area contributed by atoms with Crippen LogP contribution in [0.25, 0.3) is 0 Å². The van der Waals surface area contributed by atoms with Gasteiger partial charge in [0.2, 0.25) is 5.91 Å². The third-order valence-corrected chi connectivity index (χ3v) is 5.77. The maximum atomic E-state index is 12.4. The topological polar surface area (TPSA) is 83.6 Å². The molecule has 6 nitrogen and oxygen atoms in total. The van der Waals surface area contributed by atoms with Crippen LogP contribution in [0.4, 0.5) is 5.69 Å². The van der Waals surface area contributed by atoms with Crippen molar-refractivity contribution < 1.29 is 18.0 Å². The van der Waals surface area contributed by atoms with Gasteiger partial charge in [-0.2, -0.15) is 0 Å². The predicted molar refractivity (Wildman–Crippen MR) is 92.5 cm³/mol. The smallest absolute Gasteiger partial charge is 0.269 e. The number of hydrogen-bond acceptors (Lipinski definition) is 4. The molecule has 0 fully saturated rings. The molecule has 1 aliphatic rings. The number of benzene rings is 2. The van der Waals surface area contributed by atoms with Crippen molar-refractivity contribution in [1.82, 2.24) is 4.31 Å². The second kappa shape index (κ2) is 5.93. The van der Waals surface area contributed by atoms with E-state index >= 15 is 0 Å². The molecule has 0 bridgehead atoms. The van der Waals surface area contributed by atoms with E-state index in [9.17, 15) is 18.0 Å².